The van der Waals surface area contributed by atoms with E-state index in [-0.39, 0.29) is 11.8 Å². The van der Waals surface area contributed by atoms with Crippen molar-refractivity contribution in [3.63, 3.8) is 0 Å². The highest BCUT2D eigenvalue weighted by molar-refractivity contribution is 5.98. The van der Waals surface area contributed by atoms with E-state index in [1.54, 1.807) is 36.1 Å². The number of hydrazine groups is 1. The van der Waals surface area contributed by atoms with Crippen LogP contribution in [-0.2, 0) is 4.79 Å². The maximum atomic E-state index is 12.9. The Bertz CT molecular complexity index is 1120. The molecule has 0 aromatic heterocycles. The summed E-state index contributed by atoms with van der Waals surface area (Å²) in [7, 11) is 1.61. The predicted octanol–water partition coefficient (Wildman–Crippen LogP) is 3.02. The molecule has 0 radical (unpaired) electrons. The third-order valence-electron chi connectivity index (χ3n) is 5.38. The number of carbonyl (C=O) groups is 2. The van der Waals surface area contributed by atoms with Gasteiger partial charge in [-0.15, -0.1) is 10.1 Å². The lowest BCUT2D eigenvalue weighted by molar-refractivity contribution is -0.596. The summed E-state index contributed by atoms with van der Waals surface area (Å²) < 4.78 is 7.03. The number of benzene rings is 3. The number of hydrogen-bond donors (Lipinski definition) is 2. The van der Waals surface area contributed by atoms with E-state index < -0.39 is 12.1 Å². The summed E-state index contributed by atoms with van der Waals surface area (Å²) in [4.78, 5) is 25.7. The summed E-state index contributed by atoms with van der Waals surface area (Å²) in [5.74, 6) is 0.160. The monoisotopic (exact) mass is 414 g/mol. The Balaban J connectivity index is 1.72. The van der Waals surface area contributed by atoms with Crippen molar-refractivity contribution in [2.24, 2.45) is 0 Å². The van der Waals surface area contributed by atoms with Gasteiger partial charge in [-0.1, -0.05) is 36.4 Å². The number of nitrogens with one attached hydrogen (secondary N) is 2. The fraction of sp³-hybridized carbons (Fsp3) is 0.160. The summed E-state index contributed by atoms with van der Waals surface area (Å²) in [5.41, 5.74) is 6.36. The molecule has 156 valence electrons. The van der Waals surface area contributed by atoms with E-state index in [1.165, 1.54) is 0 Å². The number of aryl methyl sites for hydroxylation is 1. The number of rotatable bonds is 5. The van der Waals surface area contributed by atoms with E-state index >= 15 is 0 Å². The first-order valence-electron chi connectivity index (χ1n) is 10.1. The van der Waals surface area contributed by atoms with Gasteiger partial charge in [0.05, 0.1) is 7.11 Å². The normalized spacial score (nSPS) is 19.2. The second-order valence-electron chi connectivity index (χ2n) is 7.40. The lowest BCUT2D eigenvalue weighted by atomic mass is 9.99. The van der Waals surface area contributed by atoms with Gasteiger partial charge in [0, 0.05) is 16.7 Å². The molecule has 1 heterocycles. The molecule has 0 bridgehead atoms. The van der Waals surface area contributed by atoms with Crippen LogP contribution in [-0.4, -0.2) is 35.9 Å². The van der Waals surface area contributed by atoms with Gasteiger partial charge in [-0.25, -0.2) is 0 Å². The molecule has 2 atom stereocenters. The highest BCUT2D eigenvalue weighted by Crippen LogP contribution is 2.27. The van der Waals surface area contributed by atoms with Crippen LogP contribution in [0.1, 0.15) is 33.1 Å². The molecule has 0 aliphatic carbocycles. The zero-order valence-electron chi connectivity index (χ0n) is 17.4. The Kier molecular flexibility index (Phi) is 5.80. The summed E-state index contributed by atoms with van der Waals surface area (Å²) >= 11 is 0. The molecular formula is C25H24N3O3+. The summed E-state index contributed by atoms with van der Waals surface area (Å²) in [5, 5.41) is 2.91. The Morgan fingerprint density at radius 3 is 2.35 bits per heavy atom. The molecule has 1 aliphatic heterocycles. The van der Waals surface area contributed by atoms with Crippen molar-refractivity contribution in [3.8, 4) is 5.75 Å². The molecule has 3 aromatic carbocycles. The van der Waals surface area contributed by atoms with Crippen molar-refractivity contribution in [2.75, 3.05) is 7.11 Å². The first kappa shape index (κ1) is 20.3. The van der Waals surface area contributed by atoms with Crippen molar-refractivity contribution in [3.05, 3.63) is 101 Å². The first-order chi connectivity index (χ1) is 15.1. The third kappa shape index (κ3) is 4.33. The molecule has 3 aromatic rings. The Hall–Kier alpha value is -3.93. The topological polar surface area (TPSA) is 70.4 Å². The lowest BCUT2D eigenvalue weighted by Crippen LogP contribution is -2.42. The molecule has 6 nitrogen and oxygen atoms in total. The average Bonchev–Trinajstić information content (AvgIpc) is 3.10. The Morgan fingerprint density at radius 2 is 1.68 bits per heavy atom. The summed E-state index contributed by atoms with van der Waals surface area (Å²) in [6.07, 6.45) is 1.90. The molecule has 2 N–H and O–H groups in total. The molecule has 1 fully saturated rings. The predicted molar refractivity (Wildman–Crippen MR) is 118 cm³/mol. The van der Waals surface area contributed by atoms with Gasteiger partial charge in [0.15, 0.2) is 6.04 Å². The van der Waals surface area contributed by atoms with Gasteiger partial charge in [0.2, 0.25) is 12.3 Å². The summed E-state index contributed by atoms with van der Waals surface area (Å²) in [6, 6.07) is 23.1. The van der Waals surface area contributed by atoms with Crippen LogP contribution in [0.4, 0.5) is 0 Å². The van der Waals surface area contributed by atoms with Crippen molar-refractivity contribution in [1.29, 1.82) is 0 Å². The second-order valence-corrected chi connectivity index (χ2v) is 7.40. The molecule has 2 amide bonds. The first-order valence-corrected chi connectivity index (χ1v) is 10.1. The lowest BCUT2D eigenvalue weighted by Gasteiger charge is -2.15. The average molecular weight is 414 g/mol. The van der Waals surface area contributed by atoms with Gasteiger partial charge in [0.25, 0.3) is 5.91 Å². The van der Waals surface area contributed by atoms with Gasteiger partial charge in [-0.05, 0) is 55.0 Å². The summed E-state index contributed by atoms with van der Waals surface area (Å²) in [6.45, 7) is 2.01. The maximum absolute atomic E-state index is 12.9. The highest BCUT2D eigenvalue weighted by atomic mass is 16.5. The van der Waals surface area contributed by atoms with Crippen LogP contribution in [0.5, 0.6) is 5.75 Å². The van der Waals surface area contributed by atoms with Gasteiger partial charge >= 0.3 is 5.91 Å². The van der Waals surface area contributed by atoms with Crippen LogP contribution in [0, 0.1) is 6.92 Å². The highest BCUT2D eigenvalue weighted by Gasteiger charge is 2.47. The van der Waals surface area contributed by atoms with E-state index in [9.17, 15) is 9.59 Å². The van der Waals surface area contributed by atoms with Crippen molar-refractivity contribution >= 4 is 18.0 Å². The SMILES string of the molecule is COc1ccc([C@@H]2[C@@H](NC(=O)c3ccccc3)C(=O)N/[N+]2=C\c2ccccc2C)cc1. The van der Waals surface area contributed by atoms with Crippen LogP contribution in [0.3, 0.4) is 0 Å². The number of carbonyl (C=O) groups excluding carboxylic acids is 2. The van der Waals surface area contributed by atoms with Gasteiger partial charge < -0.3 is 10.1 Å². The molecule has 1 aliphatic rings. The number of ether oxygens (including phenoxy) is 1. The fourth-order valence-corrected chi connectivity index (χ4v) is 3.68. The zero-order chi connectivity index (χ0) is 21.8. The van der Waals surface area contributed by atoms with Crippen LogP contribution in [0.15, 0.2) is 78.9 Å². The third-order valence-corrected chi connectivity index (χ3v) is 5.38. The number of nitrogens with zero attached hydrogens (tertiary/aromatic N) is 1. The molecular weight excluding hydrogens is 390 g/mol. The number of hydrazone groups is 1. The Morgan fingerprint density at radius 1 is 1.00 bits per heavy atom. The largest absolute Gasteiger partial charge is 0.497 e. The fourth-order valence-electron chi connectivity index (χ4n) is 3.68. The van der Waals surface area contributed by atoms with E-state index in [0.29, 0.717) is 5.56 Å². The molecule has 0 unspecified atom stereocenters. The van der Waals surface area contributed by atoms with Crippen LogP contribution in [0.25, 0.3) is 0 Å². The van der Waals surface area contributed by atoms with Crippen molar-refractivity contribution in [2.45, 2.75) is 19.0 Å². The number of methoxy groups -OCH3 is 1. The minimum absolute atomic E-state index is 0.269. The van der Waals surface area contributed by atoms with Gasteiger partial charge in [-0.3, -0.25) is 9.59 Å². The smallest absolute Gasteiger partial charge is 0.304 e. The standard InChI is InChI=1S/C25H23N3O3/c1-17-8-6-7-11-20(17)16-28-23(18-12-14-21(31-2)15-13-18)22(25(30)27-28)26-24(29)19-9-4-3-5-10-19/h3-16,22-23H,1-2H3,(H-,26,27,29,30)/p+1/b28-16-/t22-,23-/m1/s1. The van der Waals surface area contributed by atoms with E-state index in [2.05, 4.69) is 10.7 Å². The zero-order valence-corrected chi connectivity index (χ0v) is 17.4. The van der Waals surface area contributed by atoms with Crippen molar-refractivity contribution < 1.29 is 19.0 Å². The second kappa shape index (κ2) is 8.83. The Labute approximate surface area is 181 Å². The number of hydrogen-bond acceptors (Lipinski definition) is 3. The molecule has 4 rings (SSSR count). The minimum atomic E-state index is -0.763. The van der Waals surface area contributed by atoms with E-state index in [1.807, 2.05) is 67.7 Å². The van der Waals surface area contributed by atoms with Crippen molar-refractivity contribution in [1.82, 2.24) is 10.7 Å². The van der Waals surface area contributed by atoms with Crippen LogP contribution < -0.4 is 15.5 Å². The number of amides is 2. The van der Waals surface area contributed by atoms with Crippen LogP contribution in [0.2, 0.25) is 0 Å². The van der Waals surface area contributed by atoms with Gasteiger partial charge in [-0.2, -0.15) is 0 Å². The molecule has 6 heteroatoms. The van der Waals surface area contributed by atoms with E-state index in [4.69, 9.17) is 4.74 Å². The maximum Gasteiger partial charge on any atom is 0.304 e. The molecule has 0 saturated carbocycles. The van der Waals surface area contributed by atoms with E-state index in [0.717, 1.165) is 22.4 Å². The molecule has 31 heavy (non-hydrogen) atoms. The molecule has 1 saturated heterocycles. The molecule has 0 spiro atoms. The van der Waals surface area contributed by atoms with Crippen LogP contribution >= 0.6 is 0 Å². The van der Waals surface area contributed by atoms with Gasteiger partial charge in [0.1, 0.15) is 5.75 Å². The quantitative estimate of drug-likeness (QED) is 0.631. The minimum Gasteiger partial charge on any atom is -0.497 e.